The van der Waals surface area contributed by atoms with Gasteiger partial charge in [0.15, 0.2) is 5.82 Å². The summed E-state index contributed by atoms with van der Waals surface area (Å²) in [7, 11) is 0. The molecule has 5 heterocycles. The number of carbonyl (C=O) groups is 2. The maximum absolute atomic E-state index is 14.2. The van der Waals surface area contributed by atoms with E-state index in [9.17, 15) is 18.8 Å². The van der Waals surface area contributed by atoms with Gasteiger partial charge in [0.05, 0.1) is 40.4 Å². The Bertz CT molecular complexity index is 1610. The molecule has 0 aliphatic heterocycles. The van der Waals surface area contributed by atoms with Crippen molar-refractivity contribution in [1.82, 2.24) is 23.7 Å². The van der Waals surface area contributed by atoms with Crippen molar-refractivity contribution in [3.05, 3.63) is 89.4 Å². The number of Topliss-reactive ketones (excluding diaryl/α,β-unsaturated/α-hetero) is 1. The van der Waals surface area contributed by atoms with E-state index in [1.165, 1.54) is 40.4 Å². The van der Waals surface area contributed by atoms with Gasteiger partial charge in [0.1, 0.15) is 17.2 Å². The monoisotopic (exact) mass is 560 g/mol. The summed E-state index contributed by atoms with van der Waals surface area (Å²) < 4.78 is 20.9. The molecule has 0 radical (unpaired) electrons. The molecule has 0 unspecified atom stereocenters. The molecule has 5 aromatic rings. The Balaban J connectivity index is 1.56. The second-order valence-corrected chi connectivity index (χ2v) is 10.5. The van der Waals surface area contributed by atoms with Crippen molar-refractivity contribution in [3.63, 3.8) is 0 Å². The molecule has 0 fully saturated rings. The first-order valence-electron chi connectivity index (χ1n) is 10.2. The van der Waals surface area contributed by atoms with Crippen molar-refractivity contribution in [2.75, 3.05) is 5.32 Å². The fourth-order valence-electron chi connectivity index (χ4n) is 3.35. The molecule has 0 atom stereocenters. The van der Waals surface area contributed by atoms with E-state index in [-0.39, 0.29) is 17.1 Å². The maximum atomic E-state index is 14.2. The number of anilines is 1. The third-order valence-corrected chi connectivity index (χ3v) is 7.47. The summed E-state index contributed by atoms with van der Waals surface area (Å²) in [5, 5.41) is 10.7. The number of hydrogen-bond donors (Lipinski definition) is 1. The van der Waals surface area contributed by atoms with Crippen LogP contribution < -0.4 is 10.9 Å². The van der Waals surface area contributed by atoms with Crippen LogP contribution in [0.3, 0.4) is 0 Å². The first kappa shape index (κ1) is 24.2. The summed E-state index contributed by atoms with van der Waals surface area (Å²) in [4.78, 5) is 43.4. The van der Waals surface area contributed by atoms with E-state index in [0.717, 1.165) is 31.7 Å². The SMILES string of the molecule is O=C(Cn1c(-c2cc(NCc3ccc(Cl)s3)n(C(=O)c3cnsc3)n2)ccc(F)c1=O)c1cscn1. The number of thiazole rings is 1. The van der Waals surface area contributed by atoms with E-state index in [1.54, 1.807) is 22.9 Å². The molecule has 14 heteroatoms. The second-order valence-electron chi connectivity index (χ2n) is 7.36. The van der Waals surface area contributed by atoms with Gasteiger partial charge in [-0.25, -0.2) is 13.7 Å². The Hall–Kier alpha value is -3.52. The normalized spacial score (nSPS) is 11.1. The van der Waals surface area contributed by atoms with Crippen molar-refractivity contribution in [2.24, 2.45) is 0 Å². The van der Waals surface area contributed by atoms with Gasteiger partial charge >= 0.3 is 0 Å². The summed E-state index contributed by atoms with van der Waals surface area (Å²) in [5.41, 5.74) is 1.37. The van der Waals surface area contributed by atoms with Gasteiger partial charge in [-0.15, -0.1) is 22.7 Å². The first-order chi connectivity index (χ1) is 17.4. The van der Waals surface area contributed by atoms with Crippen LogP contribution in [0.5, 0.6) is 0 Å². The highest BCUT2D eigenvalue weighted by Crippen LogP contribution is 2.26. The predicted molar refractivity (Wildman–Crippen MR) is 137 cm³/mol. The molecule has 0 aliphatic carbocycles. The lowest BCUT2D eigenvalue weighted by Gasteiger charge is -2.10. The van der Waals surface area contributed by atoms with Gasteiger partial charge in [0.2, 0.25) is 5.78 Å². The van der Waals surface area contributed by atoms with Crippen LogP contribution in [0.1, 0.15) is 25.7 Å². The molecule has 36 heavy (non-hydrogen) atoms. The van der Waals surface area contributed by atoms with Gasteiger partial charge in [-0.05, 0) is 35.8 Å². The van der Waals surface area contributed by atoms with Gasteiger partial charge in [-0.2, -0.15) is 9.78 Å². The van der Waals surface area contributed by atoms with Crippen LogP contribution in [0, 0.1) is 5.82 Å². The number of nitrogens with one attached hydrogen (secondary N) is 1. The molecule has 0 saturated carbocycles. The molecule has 0 amide bonds. The van der Waals surface area contributed by atoms with Gasteiger partial charge in [0, 0.05) is 21.7 Å². The van der Waals surface area contributed by atoms with E-state index in [2.05, 4.69) is 19.8 Å². The van der Waals surface area contributed by atoms with Crippen LogP contribution in [0.15, 0.2) is 57.6 Å². The maximum Gasteiger partial charge on any atom is 0.287 e. The minimum Gasteiger partial charge on any atom is -0.365 e. The smallest absolute Gasteiger partial charge is 0.287 e. The quantitative estimate of drug-likeness (QED) is 0.275. The zero-order valence-electron chi connectivity index (χ0n) is 18.1. The van der Waals surface area contributed by atoms with Crippen LogP contribution in [-0.4, -0.2) is 35.4 Å². The summed E-state index contributed by atoms with van der Waals surface area (Å²) in [6.45, 7) is -0.0857. The Morgan fingerprint density at radius 2 is 2.03 bits per heavy atom. The Kier molecular flexibility index (Phi) is 6.87. The fourth-order valence-corrected chi connectivity index (χ4v) is 5.45. The van der Waals surface area contributed by atoms with Crippen molar-refractivity contribution in [2.45, 2.75) is 13.1 Å². The van der Waals surface area contributed by atoms with Gasteiger partial charge < -0.3 is 5.32 Å². The van der Waals surface area contributed by atoms with Crippen molar-refractivity contribution >= 4 is 63.3 Å². The first-order valence-corrected chi connectivity index (χ1v) is 13.2. The summed E-state index contributed by atoms with van der Waals surface area (Å²) >= 11 is 9.76. The van der Waals surface area contributed by atoms with E-state index in [1.807, 2.05) is 6.07 Å². The topological polar surface area (TPSA) is 112 Å². The molecule has 5 rings (SSSR count). The Labute approximate surface area is 219 Å². The molecule has 0 aromatic carbocycles. The van der Waals surface area contributed by atoms with Gasteiger partial charge in [-0.3, -0.25) is 19.0 Å². The van der Waals surface area contributed by atoms with Crippen molar-refractivity contribution in [1.29, 1.82) is 0 Å². The molecular weight excluding hydrogens is 547 g/mol. The zero-order valence-corrected chi connectivity index (χ0v) is 21.3. The van der Waals surface area contributed by atoms with Crippen LogP contribution in [0.25, 0.3) is 11.4 Å². The average molecular weight is 561 g/mol. The summed E-state index contributed by atoms with van der Waals surface area (Å²) in [6, 6.07) is 7.53. The van der Waals surface area contributed by atoms with Crippen molar-refractivity contribution < 1.29 is 14.0 Å². The molecule has 9 nitrogen and oxygen atoms in total. The third kappa shape index (κ3) is 4.91. The second kappa shape index (κ2) is 10.2. The standard InChI is InChI=1S/C22H14ClFN6O3S3/c23-19-4-1-13(36-19)7-25-20-5-15(28-30(20)21(32)12-6-27-35-9-12)17-3-2-14(24)22(33)29(17)8-18(31)16-10-34-11-26-16/h1-6,9-11,25H,7-8H2. The van der Waals surface area contributed by atoms with E-state index >= 15 is 0 Å². The Morgan fingerprint density at radius 3 is 2.72 bits per heavy atom. The molecule has 5 aromatic heterocycles. The highest BCUT2D eigenvalue weighted by molar-refractivity contribution is 7.16. The summed E-state index contributed by atoms with van der Waals surface area (Å²) in [6.07, 6.45) is 1.43. The largest absolute Gasteiger partial charge is 0.365 e. The molecular formula is C22H14ClFN6O3S3. The van der Waals surface area contributed by atoms with Crippen LogP contribution >= 0.6 is 45.8 Å². The van der Waals surface area contributed by atoms with Crippen LogP contribution in [0.4, 0.5) is 10.2 Å². The van der Waals surface area contributed by atoms with Crippen LogP contribution in [0.2, 0.25) is 4.34 Å². The average Bonchev–Trinajstić information content (AvgIpc) is 3.67. The summed E-state index contributed by atoms with van der Waals surface area (Å²) in [5.74, 6) is -1.59. The number of nitrogens with zero attached hydrogens (tertiary/aromatic N) is 5. The molecule has 182 valence electrons. The molecule has 0 spiro atoms. The number of aromatic nitrogens is 5. The minimum absolute atomic E-state index is 0.169. The van der Waals surface area contributed by atoms with Crippen molar-refractivity contribution in [3.8, 4) is 11.4 Å². The van der Waals surface area contributed by atoms with E-state index < -0.39 is 29.6 Å². The number of carbonyl (C=O) groups excluding carboxylic acids is 2. The zero-order chi connectivity index (χ0) is 25.2. The molecule has 0 bridgehead atoms. The van der Waals surface area contributed by atoms with Gasteiger partial charge in [0.25, 0.3) is 11.5 Å². The lowest BCUT2D eigenvalue weighted by Crippen LogP contribution is -2.28. The predicted octanol–water partition coefficient (Wildman–Crippen LogP) is 4.66. The number of hydrogen-bond acceptors (Lipinski definition) is 10. The highest BCUT2D eigenvalue weighted by atomic mass is 35.5. The number of pyridine rings is 1. The van der Waals surface area contributed by atoms with E-state index in [4.69, 9.17) is 11.6 Å². The third-order valence-electron chi connectivity index (χ3n) is 5.06. The number of ketones is 1. The Morgan fingerprint density at radius 1 is 1.17 bits per heavy atom. The number of halogens is 2. The number of thiophene rings is 1. The van der Waals surface area contributed by atoms with Crippen LogP contribution in [-0.2, 0) is 13.1 Å². The van der Waals surface area contributed by atoms with Gasteiger partial charge in [-0.1, -0.05) is 11.6 Å². The minimum atomic E-state index is -1.02. The highest BCUT2D eigenvalue weighted by Gasteiger charge is 2.22. The molecule has 0 saturated heterocycles. The lowest BCUT2D eigenvalue weighted by molar-refractivity contribution is 0.0944. The molecule has 1 N–H and O–H groups in total. The lowest BCUT2D eigenvalue weighted by atomic mass is 10.2. The van der Waals surface area contributed by atoms with E-state index in [0.29, 0.717) is 22.3 Å². The molecule has 0 aliphatic rings. The fraction of sp³-hybridized carbons (Fsp3) is 0.0909. The number of rotatable bonds is 8.